The summed E-state index contributed by atoms with van der Waals surface area (Å²) >= 11 is 0. The average Bonchev–Trinajstić information content (AvgIpc) is 3.35. The maximum atomic E-state index is 12.9. The van der Waals surface area contributed by atoms with E-state index in [0.717, 1.165) is 57.8 Å². The van der Waals surface area contributed by atoms with Crippen LogP contribution in [0.15, 0.2) is 0 Å². The van der Waals surface area contributed by atoms with Gasteiger partial charge in [0.05, 0.1) is 0 Å². The standard InChI is InChI=1S/C63H122O6/c1-4-7-10-13-16-19-22-25-28-30-32-34-35-38-41-44-47-50-53-56-62(65)68-59-60(58-67-61(64)55-52-49-46-43-40-37-27-24-21-18-15-12-9-6-3)69-63(66)57-54-51-48-45-42-39-36-33-31-29-26-23-20-17-14-11-8-5-2/h60H,4-59H2,1-3H3. The Morgan fingerprint density at radius 2 is 0.391 bits per heavy atom. The van der Waals surface area contributed by atoms with Crippen LogP contribution in [-0.4, -0.2) is 37.2 Å². The Hall–Kier alpha value is -1.59. The van der Waals surface area contributed by atoms with E-state index in [-0.39, 0.29) is 31.1 Å². The first-order valence-corrected chi connectivity index (χ1v) is 31.5. The van der Waals surface area contributed by atoms with Crippen molar-refractivity contribution < 1.29 is 28.6 Å². The first-order valence-electron chi connectivity index (χ1n) is 31.5. The molecule has 0 rings (SSSR count). The first-order chi connectivity index (χ1) is 34.0. The van der Waals surface area contributed by atoms with E-state index in [1.165, 1.54) is 270 Å². The summed E-state index contributed by atoms with van der Waals surface area (Å²) in [4.78, 5) is 38.3. The molecule has 6 nitrogen and oxygen atoms in total. The second kappa shape index (κ2) is 59.0. The molecule has 0 aromatic carbocycles. The van der Waals surface area contributed by atoms with Crippen LogP contribution in [0.4, 0.5) is 0 Å². The predicted molar refractivity (Wildman–Crippen MR) is 298 cm³/mol. The topological polar surface area (TPSA) is 78.9 Å². The Kier molecular flexibility index (Phi) is 57.6. The van der Waals surface area contributed by atoms with Crippen LogP contribution in [0.3, 0.4) is 0 Å². The molecule has 0 saturated carbocycles. The van der Waals surface area contributed by atoms with Gasteiger partial charge in [-0.25, -0.2) is 0 Å². The number of rotatable bonds is 59. The molecular weight excluding hydrogens is 853 g/mol. The maximum Gasteiger partial charge on any atom is 0.306 e. The summed E-state index contributed by atoms with van der Waals surface area (Å²) in [5.41, 5.74) is 0. The maximum absolute atomic E-state index is 12.9. The number of hydrogen-bond donors (Lipinski definition) is 0. The largest absolute Gasteiger partial charge is 0.462 e. The van der Waals surface area contributed by atoms with Crippen LogP contribution < -0.4 is 0 Å². The van der Waals surface area contributed by atoms with E-state index in [2.05, 4.69) is 20.8 Å². The smallest absolute Gasteiger partial charge is 0.306 e. The molecule has 0 aliphatic carbocycles. The summed E-state index contributed by atoms with van der Waals surface area (Å²) in [6.45, 7) is 6.73. The Bertz CT molecular complexity index is 1030. The van der Waals surface area contributed by atoms with Crippen LogP contribution in [0.1, 0.15) is 367 Å². The molecule has 1 atom stereocenters. The molecule has 0 bridgehead atoms. The van der Waals surface area contributed by atoms with Crippen LogP contribution in [0, 0.1) is 0 Å². The van der Waals surface area contributed by atoms with Crippen LogP contribution in [0.25, 0.3) is 0 Å². The van der Waals surface area contributed by atoms with Gasteiger partial charge in [0.2, 0.25) is 0 Å². The molecule has 1 unspecified atom stereocenters. The van der Waals surface area contributed by atoms with E-state index >= 15 is 0 Å². The van der Waals surface area contributed by atoms with Crippen molar-refractivity contribution in [3.05, 3.63) is 0 Å². The molecule has 0 radical (unpaired) electrons. The fourth-order valence-electron chi connectivity index (χ4n) is 9.86. The average molecular weight is 976 g/mol. The minimum atomic E-state index is -0.762. The van der Waals surface area contributed by atoms with Crippen molar-refractivity contribution in [1.29, 1.82) is 0 Å². The molecular formula is C63H122O6. The number of carbonyl (C=O) groups excluding carboxylic acids is 3. The third-order valence-electron chi connectivity index (χ3n) is 14.6. The number of ether oxygens (including phenoxy) is 3. The number of esters is 3. The van der Waals surface area contributed by atoms with Gasteiger partial charge in [0.1, 0.15) is 13.2 Å². The Balaban J connectivity index is 4.27. The van der Waals surface area contributed by atoms with Crippen molar-refractivity contribution in [2.24, 2.45) is 0 Å². The van der Waals surface area contributed by atoms with Gasteiger partial charge in [0.25, 0.3) is 0 Å². The molecule has 410 valence electrons. The fraction of sp³-hybridized carbons (Fsp3) is 0.952. The zero-order valence-corrected chi connectivity index (χ0v) is 47.1. The Morgan fingerprint density at radius 3 is 0.580 bits per heavy atom. The number of hydrogen-bond acceptors (Lipinski definition) is 6. The minimum absolute atomic E-state index is 0.0606. The second-order valence-corrected chi connectivity index (χ2v) is 21.7. The highest BCUT2D eigenvalue weighted by molar-refractivity contribution is 5.71. The lowest BCUT2D eigenvalue weighted by molar-refractivity contribution is -0.167. The Labute approximate surface area is 431 Å². The van der Waals surface area contributed by atoms with Gasteiger partial charge in [-0.15, -0.1) is 0 Å². The lowest BCUT2D eigenvalue weighted by Gasteiger charge is -2.18. The molecule has 69 heavy (non-hydrogen) atoms. The molecule has 0 amide bonds. The van der Waals surface area contributed by atoms with E-state index in [0.29, 0.717) is 19.3 Å². The Morgan fingerprint density at radius 1 is 0.232 bits per heavy atom. The molecule has 0 aromatic heterocycles. The number of carbonyl (C=O) groups is 3. The predicted octanol–water partition coefficient (Wildman–Crippen LogP) is 21.1. The molecule has 0 heterocycles. The van der Waals surface area contributed by atoms with Crippen molar-refractivity contribution in [1.82, 2.24) is 0 Å². The van der Waals surface area contributed by atoms with Crippen LogP contribution >= 0.6 is 0 Å². The van der Waals surface area contributed by atoms with Crippen molar-refractivity contribution >= 4 is 17.9 Å². The molecule has 0 aliphatic rings. The monoisotopic (exact) mass is 975 g/mol. The minimum Gasteiger partial charge on any atom is -0.462 e. The van der Waals surface area contributed by atoms with Gasteiger partial charge in [0, 0.05) is 19.3 Å². The number of unbranched alkanes of at least 4 members (excludes halogenated alkanes) is 48. The second-order valence-electron chi connectivity index (χ2n) is 21.7. The molecule has 0 aromatic rings. The van der Waals surface area contributed by atoms with Gasteiger partial charge in [-0.1, -0.05) is 329 Å². The molecule has 0 saturated heterocycles. The van der Waals surface area contributed by atoms with Crippen molar-refractivity contribution in [3.63, 3.8) is 0 Å². The van der Waals surface area contributed by atoms with Gasteiger partial charge in [-0.05, 0) is 19.3 Å². The lowest BCUT2D eigenvalue weighted by Crippen LogP contribution is -2.30. The van der Waals surface area contributed by atoms with Crippen molar-refractivity contribution in [3.8, 4) is 0 Å². The van der Waals surface area contributed by atoms with Gasteiger partial charge < -0.3 is 14.2 Å². The van der Waals surface area contributed by atoms with Crippen LogP contribution in [-0.2, 0) is 28.6 Å². The van der Waals surface area contributed by atoms with E-state index < -0.39 is 6.10 Å². The summed E-state index contributed by atoms with van der Waals surface area (Å²) in [6, 6.07) is 0. The molecule has 6 heteroatoms. The highest BCUT2D eigenvalue weighted by Gasteiger charge is 2.19. The van der Waals surface area contributed by atoms with E-state index in [9.17, 15) is 14.4 Å². The normalized spacial score (nSPS) is 11.9. The van der Waals surface area contributed by atoms with Gasteiger partial charge in [-0.3, -0.25) is 14.4 Å². The quantitative estimate of drug-likeness (QED) is 0.0343. The van der Waals surface area contributed by atoms with E-state index in [1.807, 2.05) is 0 Å². The zero-order valence-electron chi connectivity index (χ0n) is 47.1. The molecule has 0 fully saturated rings. The zero-order chi connectivity index (χ0) is 50.0. The molecule has 0 spiro atoms. The summed E-state index contributed by atoms with van der Waals surface area (Å²) in [5, 5.41) is 0. The highest BCUT2D eigenvalue weighted by atomic mass is 16.6. The summed E-state index contributed by atoms with van der Waals surface area (Å²) in [7, 11) is 0. The summed E-state index contributed by atoms with van der Waals surface area (Å²) < 4.78 is 16.9. The fourth-order valence-corrected chi connectivity index (χ4v) is 9.86. The lowest BCUT2D eigenvalue weighted by atomic mass is 10.0. The van der Waals surface area contributed by atoms with Crippen molar-refractivity contribution in [2.45, 2.75) is 374 Å². The third-order valence-corrected chi connectivity index (χ3v) is 14.6. The van der Waals surface area contributed by atoms with Gasteiger partial charge in [-0.2, -0.15) is 0 Å². The van der Waals surface area contributed by atoms with Gasteiger partial charge in [0.15, 0.2) is 6.10 Å². The SMILES string of the molecule is CCCCCCCCCCCCCCCCCCCCCC(=O)OCC(COC(=O)CCCCCCCCCCCCCCCC)OC(=O)CCCCCCCCCCCCCCCCCCCC. The summed E-state index contributed by atoms with van der Waals surface area (Å²) in [5.74, 6) is -0.825. The van der Waals surface area contributed by atoms with Crippen LogP contribution in [0.2, 0.25) is 0 Å². The third kappa shape index (κ3) is 57.2. The van der Waals surface area contributed by atoms with E-state index in [1.54, 1.807) is 0 Å². The first kappa shape index (κ1) is 67.4. The van der Waals surface area contributed by atoms with Crippen molar-refractivity contribution in [2.75, 3.05) is 13.2 Å². The molecule has 0 N–H and O–H groups in total. The van der Waals surface area contributed by atoms with E-state index in [4.69, 9.17) is 14.2 Å². The molecule has 0 aliphatic heterocycles. The highest BCUT2D eigenvalue weighted by Crippen LogP contribution is 2.18. The van der Waals surface area contributed by atoms with Gasteiger partial charge >= 0.3 is 17.9 Å². The summed E-state index contributed by atoms with van der Waals surface area (Å²) in [6.07, 6.45) is 66.7. The van der Waals surface area contributed by atoms with Crippen LogP contribution in [0.5, 0.6) is 0 Å².